The maximum atomic E-state index is 13.9. The molecule has 7 N–H and O–H groups in total. The number of amides is 7. The third-order valence-corrected chi connectivity index (χ3v) is 12.8. The van der Waals surface area contributed by atoms with Crippen molar-refractivity contribution in [2.24, 2.45) is 5.11 Å². The van der Waals surface area contributed by atoms with Gasteiger partial charge in [0.05, 0.1) is 0 Å². The number of aromatic hydroxyl groups is 1. The second-order valence-electron chi connectivity index (χ2n) is 23.9. The summed E-state index contributed by atoms with van der Waals surface area (Å²) < 4.78 is 16.6. The monoisotopic (exact) mass is 1220 g/mol. The summed E-state index contributed by atoms with van der Waals surface area (Å²) in [7, 11) is 0. The van der Waals surface area contributed by atoms with E-state index < -0.39 is 82.6 Å². The highest BCUT2D eigenvalue weighted by atomic mass is 35.5. The van der Waals surface area contributed by atoms with Crippen LogP contribution in [-0.2, 0) is 72.0 Å². The summed E-state index contributed by atoms with van der Waals surface area (Å²) in [5.41, 5.74) is 8.26. The lowest BCUT2D eigenvalue weighted by molar-refractivity contribution is -0.159. The van der Waals surface area contributed by atoms with E-state index >= 15 is 0 Å². The SMILES string of the molecule is CC(C)(C)OC(=O)CC[C@H](NC(=O)N[C@@H](CCCCN(Cc1ccc(Cl)cc1)C(=O)CCCCCNC(=O)CCC(=O)N[C@H](Cc1ccccc1)C(=O)N[C@H](Cc1ccc(O)cc1)C(=O)NCCCN=[N+]=[N-])C(=O)OC(C)(C)C)C(=O)OC(C)(C)C. The molecular weight excluding hydrogens is 1130 g/mol. The minimum absolute atomic E-state index is 0.0280. The van der Waals surface area contributed by atoms with Crippen molar-refractivity contribution in [3.63, 3.8) is 0 Å². The third-order valence-electron chi connectivity index (χ3n) is 12.6. The number of rotatable bonds is 35. The van der Waals surface area contributed by atoms with Crippen molar-refractivity contribution in [1.29, 1.82) is 0 Å². The number of azide groups is 1. The number of nitrogens with zero attached hydrogens (tertiary/aromatic N) is 4. The molecule has 7 amide bonds. The first kappa shape index (κ1) is 72.3. The van der Waals surface area contributed by atoms with Gasteiger partial charge in [0.25, 0.3) is 0 Å². The number of halogens is 1. The summed E-state index contributed by atoms with van der Waals surface area (Å²) >= 11 is 6.17. The van der Waals surface area contributed by atoms with Crippen LogP contribution in [0.25, 0.3) is 10.4 Å². The average Bonchev–Trinajstić information content (AvgIpc) is 3.55. The van der Waals surface area contributed by atoms with Crippen molar-refractivity contribution in [1.82, 2.24) is 36.8 Å². The van der Waals surface area contributed by atoms with Crippen LogP contribution in [0.4, 0.5) is 4.79 Å². The molecule has 3 aromatic rings. The van der Waals surface area contributed by atoms with Gasteiger partial charge >= 0.3 is 23.9 Å². The molecule has 23 nitrogen and oxygen atoms in total. The Morgan fingerprint density at radius 1 is 0.558 bits per heavy atom. The fraction of sp³-hybridized carbons (Fsp3) is 0.565. The molecule has 472 valence electrons. The van der Waals surface area contributed by atoms with E-state index in [4.69, 9.17) is 31.3 Å². The molecule has 86 heavy (non-hydrogen) atoms. The first-order valence-corrected chi connectivity index (χ1v) is 29.6. The zero-order valence-electron chi connectivity index (χ0n) is 51.3. The number of carbonyl (C=O) groups excluding carboxylic acids is 9. The van der Waals surface area contributed by atoms with Gasteiger partial charge in [0.15, 0.2) is 0 Å². The smallest absolute Gasteiger partial charge is 0.329 e. The molecule has 3 rings (SSSR count). The van der Waals surface area contributed by atoms with Crippen LogP contribution in [-0.4, -0.2) is 131 Å². The molecule has 24 heteroatoms. The predicted molar refractivity (Wildman–Crippen MR) is 325 cm³/mol. The number of benzene rings is 3. The van der Waals surface area contributed by atoms with Gasteiger partial charge in [0.1, 0.15) is 46.7 Å². The molecule has 0 heterocycles. The molecular formula is C62H89ClN10O13. The minimum Gasteiger partial charge on any atom is -0.508 e. The lowest BCUT2D eigenvalue weighted by atomic mass is 10.0. The third kappa shape index (κ3) is 31.8. The van der Waals surface area contributed by atoms with E-state index in [1.807, 2.05) is 18.2 Å². The number of carbonyl (C=O) groups is 9. The summed E-state index contributed by atoms with van der Waals surface area (Å²) in [5, 5.41) is 30.1. The number of hydrogen-bond acceptors (Lipinski definition) is 14. The molecule has 0 aromatic heterocycles. The summed E-state index contributed by atoms with van der Waals surface area (Å²) in [4.78, 5) is 125. The molecule has 0 radical (unpaired) electrons. The summed E-state index contributed by atoms with van der Waals surface area (Å²) in [6.07, 6.45) is 2.60. The van der Waals surface area contributed by atoms with Gasteiger partial charge in [-0.15, -0.1) is 0 Å². The molecule has 3 aromatic carbocycles. The molecule has 0 bridgehead atoms. The Labute approximate surface area is 510 Å². The molecule has 0 aliphatic heterocycles. The normalized spacial score (nSPS) is 12.8. The maximum absolute atomic E-state index is 13.9. The minimum atomic E-state index is -1.25. The molecule has 0 fully saturated rings. The van der Waals surface area contributed by atoms with Gasteiger partial charge in [-0.2, -0.15) is 0 Å². The number of unbranched alkanes of at least 4 members (excludes halogenated alkanes) is 3. The van der Waals surface area contributed by atoms with Crippen molar-refractivity contribution in [3.8, 4) is 5.75 Å². The van der Waals surface area contributed by atoms with E-state index in [-0.39, 0.29) is 95.1 Å². The zero-order chi connectivity index (χ0) is 63.9. The van der Waals surface area contributed by atoms with Crippen molar-refractivity contribution in [2.45, 2.75) is 200 Å². The van der Waals surface area contributed by atoms with Crippen molar-refractivity contribution in [3.05, 3.63) is 111 Å². The maximum Gasteiger partial charge on any atom is 0.329 e. The molecule has 0 saturated heterocycles. The average molecular weight is 1220 g/mol. The molecule has 0 aliphatic carbocycles. The highest BCUT2D eigenvalue weighted by Gasteiger charge is 2.32. The van der Waals surface area contributed by atoms with Crippen molar-refractivity contribution >= 4 is 65.1 Å². The first-order chi connectivity index (χ1) is 40.5. The van der Waals surface area contributed by atoms with Crippen LogP contribution in [0.5, 0.6) is 5.75 Å². The highest BCUT2D eigenvalue weighted by molar-refractivity contribution is 6.30. The quantitative estimate of drug-likeness (QED) is 0.00731. The Morgan fingerprint density at radius 2 is 1.10 bits per heavy atom. The zero-order valence-corrected chi connectivity index (χ0v) is 52.0. The van der Waals surface area contributed by atoms with Crippen LogP contribution < -0.4 is 31.9 Å². The van der Waals surface area contributed by atoms with Crippen molar-refractivity contribution < 1.29 is 62.5 Å². The van der Waals surface area contributed by atoms with Crippen LogP contribution >= 0.6 is 11.6 Å². The summed E-state index contributed by atoms with van der Waals surface area (Å²) in [5.74, 6) is -4.21. The Balaban J connectivity index is 1.58. The lowest BCUT2D eigenvalue weighted by Crippen LogP contribution is -2.55. The Morgan fingerprint density at radius 3 is 1.70 bits per heavy atom. The first-order valence-electron chi connectivity index (χ1n) is 29.2. The number of phenols is 1. The summed E-state index contributed by atoms with van der Waals surface area (Å²) in [6.45, 7) is 16.5. The Hall–Kier alpha value is -7.91. The highest BCUT2D eigenvalue weighted by Crippen LogP contribution is 2.19. The van der Waals surface area contributed by atoms with Gasteiger partial charge in [-0.25, -0.2) is 14.4 Å². The number of nitrogens with one attached hydrogen (secondary N) is 6. The van der Waals surface area contributed by atoms with E-state index in [9.17, 15) is 48.3 Å². The van der Waals surface area contributed by atoms with E-state index in [0.717, 1.165) is 11.1 Å². The topological polar surface area (TPSA) is 326 Å². The molecule has 0 aliphatic rings. The lowest BCUT2D eigenvalue weighted by Gasteiger charge is -2.27. The van der Waals surface area contributed by atoms with Gasteiger partial charge in [-0.1, -0.05) is 77.7 Å². The number of urea groups is 1. The number of hydrogen-bond donors (Lipinski definition) is 7. The second kappa shape index (κ2) is 36.8. The van der Waals surface area contributed by atoms with Crippen molar-refractivity contribution in [2.75, 3.05) is 26.2 Å². The number of esters is 3. The fourth-order valence-electron chi connectivity index (χ4n) is 8.49. The molecule has 0 spiro atoms. The fourth-order valence-corrected chi connectivity index (χ4v) is 8.62. The van der Waals surface area contributed by atoms with Gasteiger partial charge in [0.2, 0.25) is 29.5 Å². The van der Waals surface area contributed by atoms with Gasteiger partial charge in [-0.3, -0.25) is 28.8 Å². The second-order valence-corrected chi connectivity index (χ2v) is 24.3. The van der Waals surface area contributed by atoms with Crippen LogP contribution in [0.3, 0.4) is 0 Å². The van der Waals surface area contributed by atoms with Gasteiger partial charge in [0, 0.05) is 81.2 Å². The number of phenolic OH excluding ortho intramolecular Hbond substituents is 1. The standard InChI is InChI=1S/C62H89ClN10O13/c1-60(2,3)84-54(78)34-31-48(58(82)86-62(7,8)9)71-59(83)70-47(57(81)85-61(4,5)6)21-15-17-38-73(41-44-23-27-45(63)28-24-44)53(77)22-14-11-16-35-65-51(75)32-33-52(76)68-50(39-42-19-12-10-13-20-42)56(80)69-49(40-43-25-29-46(74)30-26-43)55(79)66-36-18-37-67-72-64/h10,12-13,19-20,23-30,47-50,74H,11,14-18,21-22,31-41H2,1-9H3,(H,65,75)(H,66,79)(H,68,76)(H,69,80)(H2,70,71,83)/t47-,48-,49+,50+/m0/s1. The predicted octanol–water partition coefficient (Wildman–Crippen LogP) is 8.11. The largest absolute Gasteiger partial charge is 0.508 e. The van der Waals surface area contributed by atoms with E-state index in [1.54, 1.807) is 116 Å². The molecule has 0 saturated carbocycles. The van der Waals surface area contributed by atoms with E-state index in [1.165, 1.54) is 12.1 Å². The van der Waals surface area contributed by atoms with Gasteiger partial charge < -0.3 is 56.1 Å². The molecule has 0 unspecified atom stereocenters. The Bertz CT molecular complexity index is 2720. The Kier molecular flexibility index (Phi) is 31.0. The van der Waals surface area contributed by atoms with Gasteiger partial charge in [-0.05, 0) is 154 Å². The number of ether oxygens (including phenoxy) is 3. The summed E-state index contributed by atoms with van der Waals surface area (Å²) in [6, 6.07) is 16.8. The van der Waals surface area contributed by atoms with Crippen LogP contribution in [0.2, 0.25) is 5.02 Å². The van der Waals surface area contributed by atoms with Crippen LogP contribution in [0.1, 0.15) is 156 Å². The van der Waals surface area contributed by atoms with E-state index in [0.29, 0.717) is 55.7 Å². The van der Waals surface area contributed by atoms with E-state index in [2.05, 4.69) is 41.9 Å². The molecule has 4 atom stereocenters. The van der Waals surface area contributed by atoms with Crippen LogP contribution in [0.15, 0.2) is 84.0 Å². The van der Waals surface area contributed by atoms with Crippen LogP contribution in [0, 0.1) is 0 Å².